The summed E-state index contributed by atoms with van der Waals surface area (Å²) in [6.45, 7) is 2.88. The Morgan fingerprint density at radius 3 is 1.89 bits per heavy atom. The molecule has 55 heavy (non-hydrogen) atoms. The minimum atomic E-state index is -0.194. The van der Waals surface area contributed by atoms with Crippen molar-refractivity contribution >= 4 is 22.8 Å². The summed E-state index contributed by atoms with van der Waals surface area (Å²) in [4.78, 5) is 5.17. The maximum Gasteiger partial charge on any atom is 0.134 e. The zero-order valence-corrected chi connectivity index (χ0v) is 30.6. The van der Waals surface area contributed by atoms with Crippen molar-refractivity contribution in [1.29, 1.82) is 10.5 Å². The molecule has 1 unspecified atom stereocenters. The van der Waals surface area contributed by atoms with Gasteiger partial charge in [0, 0.05) is 23.4 Å². The van der Waals surface area contributed by atoms with E-state index in [9.17, 15) is 10.5 Å². The highest BCUT2D eigenvalue weighted by molar-refractivity contribution is 6.03. The van der Waals surface area contributed by atoms with Crippen LogP contribution in [0.2, 0.25) is 0 Å². The summed E-state index contributed by atoms with van der Waals surface area (Å²) in [6.07, 6.45) is 11.1. The molecule has 264 valence electrons. The fourth-order valence-corrected chi connectivity index (χ4v) is 7.20. The highest BCUT2D eigenvalue weighted by Gasteiger charge is 2.21. The van der Waals surface area contributed by atoms with Crippen LogP contribution in [0.3, 0.4) is 0 Å². The van der Waals surface area contributed by atoms with Crippen LogP contribution in [-0.4, -0.2) is 12.4 Å². The van der Waals surface area contributed by atoms with E-state index >= 15 is 0 Å². The predicted molar refractivity (Wildman–Crippen MR) is 226 cm³/mol. The molecule has 2 N–H and O–H groups in total. The zero-order valence-electron chi connectivity index (χ0n) is 30.6. The van der Waals surface area contributed by atoms with Crippen LogP contribution in [-0.2, 0) is 0 Å². The largest absolute Gasteiger partial charge is 0.385 e. The number of nitrogens with one attached hydrogen (secondary N) is 2. The van der Waals surface area contributed by atoms with Gasteiger partial charge in [0.15, 0.2) is 0 Å². The van der Waals surface area contributed by atoms with Gasteiger partial charge in [-0.2, -0.15) is 10.5 Å². The van der Waals surface area contributed by atoms with Crippen molar-refractivity contribution in [1.82, 2.24) is 5.32 Å². The number of benzene rings is 6. The molecular formula is C50H39N5. The van der Waals surface area contributed by atoms with Gasteiger partial charge in [-0.15, -0.1) is 0 Å². The molecule has 0 bridgehead atoms. The van der Waals surface area contributed by atoms with Gasteiger partial charge in [0.25, 0.3) is 0 Å². The minimum absolute atomic E-state index is 0.194. The molecule has 6 aromatic carbocycles. The highest BCUT2D eigenvalue weighted by Crippen LogP contribution is 2.37. The van der Waals surface area contributed by atoms with E-state index in [1.165, 1.54) is 27.8 Å². The molecule has 5 nitrogen and oxygen atoms in total. The van der Waals surface area contributed by atoms with Crippen LogP contribution >= 0.6 is 0 Å². The van der Waals surface area contributed by atoms with Crippen LogP contribution < -0.4 is 10.6 Å². The van der Waals surface area contributed by atoms with Gasteiger partial charge in [0.2, 0.25) is 0 Å². The number of nitrogens with zero attached hydrogens (tertiary/aromatic N) is 3. The maximum absolute atomic E-state index is 9.43. The molecule has 8 rings (SSSR count). The summed E-state index contributed by atoms with van der Waals surface area (Å²) >= 11 is 0. The van der Waals surface area contributed by atoms with Gasteiger partial charge in [-0.25, -0.2) is 4.99 Å². The second-order valence-corrected chi connectivity index (χ2v) is 13.8. The third kappa shape index (κ3) is 7.79. The van der Waals surface area contributed by atoms with Gasteiger partial charge < -0.3 is 10.6 Å². The summed E-state index contributed by atoms with van der Waals surface area (Å²) in [6, 6.07) is 52.3. The molecule has 0 saturated carbocycles. The average molecular weight is 710 g/mol. The maximum atomic E-state index is 9.43. The quantitative estimate of drug-likeness (QED) is 0.156. The number of rotatable bonds is 9. The Morgan fingerprint density at radius 1 is 0.618 bits per heavy atom. The molecular weight excluding hydrogens is 671 g/mol. The standard InChI is InChI=1S/C50H39N5/c1-2-53-47-29-45(41-15-9-14-40(24-41)44-26-42(36-10-5-3-6-11-36)25-43(27-44)37-12-7-4-8-13-37)28-46(30-47)49-31-48(38-20-16-34(32-51)17-21-38)54-50(55-49)39-22-18-35(33-52)19-23-39/h3,5-7,9-31,48,53H,2,4,8H2,1H3,(H,54,55). The third-order valence-corrected chi connectivity index (χ3v) is 10.0. The Kier molecular flexibility index (Phi) is 10.0. The number of hydrogen-bond donors (Lipinski definition) is 2. The van der Waals surface area contributed by atoms with Crippen LogP contribution in [0, 0.1) is 22.7 Å². The lowest BCUT2D eigenvalue weighted by atomic mass is 9.90. The van der Waals surface area contributed by atoms with Crippen LogP contribution in [0.25, 0.3) is 44.7 Å². The van der Waals surface area contributed by atoms with Crippen molar-refractivity contribution in [2.75, 3.05) is 11.9 Å². The molecule has 1 heterocycles. The van der Waals surface area contributed by atoms with E-state index < -0.39 is 0 Å². The number of hydrogen-bond acceptors (Lipinski definition) is 5. The molecule has 1 atom stereocenters. The van der Waals surface area contributed by atoms with Crippen LogP contribution in [0.1, 0.15) is 59.2 Å². The molecule has 0 saturated heterocycles. The zero-order chi connectivity index (χ0) is 37.6. The first-order valence-corrected chi connectivity index (χ1v) is 18.7. The molecule has 0 fully saturated rings. The number of aliphatic imine (C=N–C) groups is 1. The molecule has 0 amide bonds. The molecule has 6 aromatic rings. The van der Waals surface area contributed by atoms with Crippen molar-refractivity contribution in [3.8, 4) is 45.5 Å². The van der Waals surface area contributed by atoms with Crippen LogP contribution in [0.15, 0.2) is 169 Å². The van der Waals surface area contributed by atoms with Crippen molar-refractivity contribution in [3.63, 3.8) is 0 Å². The van der Waals surface area contributed by atoms with Gasteiger partial charge in [0.1, 0.15) is 5.84 Å². The van der Waals surface area contributed by atoms with Crippen molar-refractivity contribution in [2.24, 2.45) is 4.99 Å². The monoisotopic (exact) mass is 709 g/mol. The van der Waals surface area contributed by atoms with E-state index in [2.05, 4.69) is 145 Å². The van der Waals surface area contributed by atoms with Gasteiger partial charge in [0.05, 0.1) is 35.0 Å². The lowest BCUT2D eigenvalue weighted by Gasteiger charge is -2.25. The number of amidine groups is 1. The number of allylic oxidation sites excluding steroid dienone is 4. The van der Waals surface area contributed by atoms with Crippen LogP contribution in [0.5, 0.6) is 0 Å². The average Bonchev–Trinajstić information content (AvgIpc) is 3.27. The Labute approximate surface area is 323 Å². The number of anilines is 1. The Balaban J connectivity index is 1.22. The predicted octanol–water partition coefficient (Wildman–Crippen LogP) is 11.7. The SMILES string of the molecule is CCNc1cc(C2=CC(c3ccc(C#N)cc3)NC(c3ccc(C#N)cc3)=N2)cc(-c2cccc(-c3cc(C4=CCCC=C4)cc(-c4ccccc4)c3)c2)c1. The van der Waals surface area contributed by atoms with Gasteiger partial charge >= 0.3 is 0 Å². The highest BCUT2D eigenvalue weighted by atomic mass is 15.0. The topological polar surface area (TPSA) is 84.0 Å². The summed E-state index contributed by atoms with van der Waals surface area (Å²) in [5, 5.41) is 26.0. The molecule has 0 aromatic heterocycles. The summed E-state index contributed by atoms with van der Waals surface area (Å²) in [5.41, 5.74) is 15.3. The normalized spacial score (nSPS) is 14.7. The first-order valence-electron chi connectivity index (χ1n) is 18.7. The van der Waals surface area contributed by atoms with Crippen molar-refractivity contribution in [2.45, 2.75) is 25.8 Å². The van der Waals surface area contributed by atoms with Gasteiger partial charge in [-0.05, 0) is 155 Å². The Bertz CT molecular complexity index is 2580. The molecule has 0 spiro atoms. The molecule has 5 heteroatoms. The summed E-state index contributed by atoms with van der Waals surface area (Å²) in [7, 11) is 0. The lowest BCUT2D eigenvalue weighted by molar-refractivity contribution is 0.780. The first-order chi connectivity index (χ1) is 27.1. The molecule has 1 aliphatic carbocycles. The Hall–Kier alpha value is -7.21. The van der Waals surface area contributed by atoms with Crippen molar-refractivity contribution < 1.29 is 0 Å². The van der Waals surface area contributed by atoms with Gasteiger partial charge in [-0.3, -0.25) is 0 Å². The molecule has 2 aliphatic rings. The fraction of sp³-hybridized carbons (Fsp3) is 0.100. The van der Waals surface area contributed by atoms with E-state index in [1.54, 1.807) is 0 Å². The smallest absolute Gasteiger partial charge is 0.134 e. The van der Waals surface area contributed by atoms with Crippen LogP contribution in [0.4, 0.5) is 5.69 Å². The summed E-state index contributed by atoms with van der Waals surface area (Å²) < 4.78 is 0. The van der Waals surface area contributed by atoms with Gasteiger partial charge in [-0.1, -0.05) is 78.9 Å². The van der Waals surface area contributed by atoms with Crippen molar-refractivity contribution in [3.05, 3.63) is 197 Å². The lowest BCUT2D eigenvalue weighted by Crippen LogP contribution is -2.31. The third-order valence-electron chi connectivity index (χ3n) is 10.0. The minimum Gasteiger partial charge on any atom is -0.385 e. The second-order valence-electron chi connectivity index (χ2n) is 13.8. The summed E-state index contributed by atoms with van der Waals surface area (Å²) in [5.74, 6) is 0.714. The molecule has 1 aliphatic heterocycles. The number of nitriles is 2. The first kappa shape index (κ1) is 34.9. The van der Waals surface area contributed by atoms with E-state index in [0.717, 1.165) is 64.2 Å². The Morgan fingerprint density at radius 2 is 1.22 bits per heavy atom. The molecule has 0 radical (unpaired) electrons. The second kappa shape index (κ2) is 15.8. The van der Waals surface area contributed by atoms with E-state index in [-0.39, 0.29) is 6.04 Å². The fourth-order valence-electron chi connectivity index (χ4n) is 7.20. The van der Waals surface area contributed by atoms with E-state index in [4.69, 9.17) is 4.99 Å². The van der Waals surface area contributed by atoms with E-state index in [0.29, 0.717) is 17.0 Å². The van der Waals surface area contributed by atoms with E-state index in [1.807, 2.05) is 48.5 Å².